The lowest BCUT2D eigenvalue weighted by molar-refractivity contribution is -0.132. The quantitative estimate of drug-likeness (QED) is 0.930. The summed E-state index contributed by atoms with van der Waals surface area (Å²) in [4.78, 5) is 14.4. The Hall–Kier alpha value is -1.00. The third-order valence-corrected chi connectivity index (χ3v) is 5.14. The summed E-state index contributed by atoms with van der Waals surface area (Å²) in [5.41, 5.74) is 7.22. The normalized spacial score (nSPS) is 20.2. The zero-order valence-corrected chi connectivity index (χ0v) is 13.2. The molecule has 2 N–H and O–H groups in total. The molecule has 1 atom stereocenters. The molecule has 2 rings (SSSR count). The molecule has 0 aromatic heterocycles. The number of carbonyl (C=O) groups is 1. The number of hydrogen-bond acceptors (Lipinski definition) is 3. The van der Waals surface area contributed by atoms with E-state index in [1.165, 1.54) is 0 Å². The first-order valence-electron chi connectivity index (χ1n) is 7.20. The van der Waals surface area contributed by atoms with E-state index >= 15 is 0 Å². The van der Waals surface area contributed by atoms with Gasteiger partial charge in [-0.05, 0) is 18.4 Å². The highest BCUT2D eigenvalue weighted by atomic mass is 32.2. The number of nitrogens with zero attached hydrogens (tertiary/aromatic N) is 1. The Bertz CT molecular complexity index is 447. The van der Waals surface area contributed by atoms with Crippen molar-refractivity contribution in [1.29, 1.82) is 0 Å². The summed E-state index contributed by atoms with van der Waals surface area (Å²) in [7, 11) is 0. The molecule has 0 saturated carbocycles. The minimum Gasteiger partial charge on any atom is -0.340 e. The summed E-state index contributed by atoms with van der Waals surface area (Å²) in [6.07, 6.45) is 1.65. The van der Waals surface area contributed by atoms with Crippen LogP contribution in [0.1, 0.15) is 25.8 Å². The van der Waals surface area contributed by atoms with Gasteiger partial charge in [-0.1, -0.05) is 44.2 Å². The van der Waals surface area contributed by atoms with Gasteiger partial charge in [-0.25, -0.2) is 0 Å². The maximum Gasteiger partial charge on any atom is 0.239 e. The van der Waals surface area contributed by atoms with Crippen molar-refractivity contribution in [3.05, 3.63) is 35.9 Å². The summed E-state index contributed by atoms with van der Waals surface area (Å²) >= 11 is 1.94. The number of nitrogens with two attached hydrogens (primary N) is 1. The van der Waals surface area contributed by atoms with Crippen LogP contribution in [0.3, 0.4) is 0 Å². The van der Waals surface area contributed by atoms with Crippen LogP contribution >= 0.6 is 11.8 Å². The van der Waals surface area contributed by atoms with E-state index in [-0.39, 0.29) is 10.7 Å². The minimum absolute atomic E-state index is 0.0900. The Kier molecular flexibility index (Phi) is 5.11. The average molecular weight is 292 g/mol. The fourth-order valence-electron chi connectivity index (χ4n) is 2.43. The van der Waals surface area contributed by atoms with Gasteiger partial charge >= 0.3 is 0 Å². The van der Waals surface area contributed by atoms with E-state index in [2.05, 4.69) is 13.8 Å². The molecule has 1 aliphatic heterocycles. The van der Waals surface area contributed by atoms with Gasteiger partial charge in [0.1, 0.15) is 0 Å². The van der Waals surface area contributed by atoms with Gasteiger partial charge < -0.3 is 10.6 Å². The van der Waals surface area contributed by atoms with Crippen molar-refractivity contribution < 1.29 is 4.79 Å². The maximum absolute atomic E-state index is 12.5. The molecule has 0 aliphatic carbocycles. The number of hydrogen-bond donors (Lipinski definition) is 1. The van der Waals surface area contributed by atoms with Gasteiger partial charge in [-0.15, -0.1) is 0 Å². The van der Waals surface area contributed by atoms with E-state index in [1.54, 1.807) is 0 Å². The zero-order valence-electron chi connectivity index (χ0n) is 12.3. The second-order valence-corrected chi connectivity index (χ2v) is 7.78. The summed E-state index contributed by atoms with van der Waals surface area (Å²) in [6.45, 7) is 6.13. The van der Waals surface area contributed by atoms with Crippen LogP contribution in [-0.2, 0) is 11.2 Å². The van der Waals surface area contributed by atoms with E-state index in [9.17, 15) is 4.79 Å². The Balaban J connectivity index is 1.93. The number of thioether (sulfide) groups is 1. The third-order valence-electron chi connectivity index (χ3n) is 3.77. The van der Waals surface area contributed by atoms with Crippen LogP contribution in [0.2, 0.25) is 0 Å². The van der Waals surface area contributed by atoms with E-state index in [4.69, 9.17) is 5.73 Å². The van der Waals surface area contributed by atoms with Gasteiger partial charge in [0.25, 0.3) is 0 Å². The van der Waals surface area contributed by atoms with E-state index in [1.807, 2.05) is 47.0 Å². The minimum atomic E-state index is -0.427. The van der Waals surface area contributed by atoms with Gasteiger partial charge in [0.2, 0.25) is 5.91 Å². The molecule has 1 heterocycles. The first-order valence-corrected chi connectivity index (χ1v) is 8.19. The third kappa shape index (κ3) is 4.25. The predicted molar refractivity (Wildman–Crippen MR) is 85.9 cm³/mol. The fourth-order valence-corrected chi connectivity index (χ4v) is 3.53. The summed E-state index contributed by atoms with van der Waals surface area (Å²) < 4.78 is 0.262. The summed E-state index contributed by atoms with van der Waals surface area (Å²) in [5, 5.41) is 0. The molecular formula is C16H24N2OS. The molecule has 1 fully saturated rings. The zero-order chi connectivity index (χ0) is 14.6. The fraction of sp³-hybridized carbons (Fsp3) is 0.562. The molecule has 1 aliphatic rings. The first kappa shape index (κ1) is 15.4. The maximum atomic E-state index is 12.5. The molecule has 1 aromatic carbocycles. The first-order chi connectivity index (χ1) is 9.48. The molecule has 1 saturated heterocycles. The van der Waals surface area contributed by atoms with Crippen LogP contribution in [0, 0.1) is 0 Å². The molecule has 1 aromatic rings. The second-order valence-electron chi connectivity index (χ2n) is 5.98. The molecule has 20 heavy (non-hydrogen) atoms. The number of rotatable bonds is 3. The summed E-state index contributed by atoms with van der Waals surface area (Å²) in [5.74, 6) is 1.09. The van der Waals surface area contributed by atoms with Crippen molar-refractivity contribution in [3.63, 3.8) is 0 Å². The van der Waals surface area contributed by atoms with Crippen molar-refractivity contribution in [2.75, 3.05) is 18.8 Å². The van der Waals surface area contributed by atoms with E-state index in [0.29, 0.717) is 6.42 Å². The van der Waals surface area contributed by atoms with Crippen LogP contribution in [0.4, 0.5) is 0 Å². The van der Waals surface area contributed by atoms with Crippen molar-refractivity contribution >= 4 is 17.7 Å². The summed E-state index contributed by atoms with van der Waals surface area (Å²) in [6, 6.07) is 9.56. The lowest BCUT2D eigenvalue weighted by Gasteiger charge is -2.25. The molecule has 0 spiro atoms. The van der Waals surface area contributed by atoms with Crippen LogP contribution in [0.25, 0.3) is 0 Å². The van der Waals surface area contributed by atoms with Gasteiger partial charge in [0.15, 0.2) is 0 Å². The van der Waals surface area contributed by atoms with Gasteiger partial charge in [0, 0.05) is 23.6 Å². The predicted octanol–water partition coefficient (Wildman–Crippen LogP) is 2.30. The van der Waals surface area contributed by atoms with Crippen molar-refractivity contribution in [3.8, 4) is 0 Å². The highest BCUT2D eigenvalue weighted by Crippen LogP contribution is 2.30. The van der Waals surface area contributed by atoms with Gasteiger partial charge in [-0.3, -0.25) is 4.79 Å². The van der Waals surface area contributed by atoms with E-state index in [0.717, 1.165) is 30.8 Å². The molecule has 110 valence electrons. The molecule has 0 radical (unpaired) electrons. The van der Waals surface area contributed by atoms with Crippen LogP contribution in [0.15, 0.2) is 30.3 Å². The SMILES string of the molecule is CC1(C)CCN(C(=O)C(N)Cc2ccccc2)CCS1. The largest absolute Gasteiger partial charge is 0.340 e. The number of amides is 1. The average Bonchev–Trinajstić information content (AvgIpc) is 2.60. The van der Waals surface area contributed by atoms with Crippen molar-refractivity contribution in [1.82, 2.24) is 4.90 Å². The number of benzene rings is 1. The van der Waals surface area contributed by atoms with Crippen LogP contribution in [-0.4, -0.2) is 40.4 Å². The highest BCUT2D eigenvalue weighted by molar-refractivity contribution is 8.00. The molecule has 3 nitrogen and oxygen atoms in total. The number of carbonyl (C=O) groups excluding carboxylic acids is 1. The lowest BCUT2D eigenvalue weighted by atomic mass is 10.0. The Morgan fingerprint density at radius 3 is 2.75 bits per heavy atom. The molecule has 0 bridgehead atoms. The Labute approximate surface area is 125 Å². The lowest BCUT2D eigenvalue weighted by Crippen LogP contribution is -2.46. The van der Waals surface area contributed by atoms with E-state index < -0.39 is 6.04 Å². The molecule has 4 heteroatoms. The second kappa shape index (κ2) is 6.64. The standard InChI is InChI=1S/C16H24N2OS/c1-16(2)8-9-18(10-11-20-16)15(19)14(17)12-13-6-4-3-5-7-13/h3-7,14H,8-12,17H2,1-2H3. The monoisotopic (exact) mass is 292 g/mol. The van der Waals surface area contributed by atoms with Crippen LogP contribution in [0.5, 0.6) is 0 Å². The van der Waals surface area contributed by atoms with Gasteiger partial charge in [-0.2, -0.15) is 11.8 Å². The van der Waals surface area contributed by atoms with Crippen LogP contribution < -0.4 is 5.73 Å². The van der Waals surface area contributed by atoms with Crippen molar-refractivity contribution in [2.45, 2.75) is 37.5 Å². The molecule has 1 unspecified atom stereocenters. The molecule has 1 amide bonds. The van der Waals surface area contributed by atoms with Crippen molar-refractivity contribution in [2.24, 2.45) is 5.73 Å². The smallest absolute Gasteiger partial charge is 0.239 e. The highest BCUT2D eigenvalue weighted by Gasteiger charge is 2.28. The Morgan fingerprint density at radius 2 is 2.05 bits per heavy atom. The van der Waals surface area contributed by atoms with Gasteiger partial charge in [0.05, 0.1) is 6.04 Å². The topological polar surface area (TPSA) is 46.3 Å². The molecular weight excluding hydrogens is 268 g/mol. The Morgan fingerprint density at radius 1 is 1.35 bits per heavy atom.